The van der Waals surface area contributed by atoms with Gasteiger partial charge in [0, 0.05) is 32.2 Å². The number of likely N-dealkylation sites (tertiary alicyclic amines) is 1. The molecule has 2 aliphatic rings. The lowest BCUT2D eigenvalue weighted by atomic mass is 9.89. The third-order valence-corrected chi connectivity index (χ3v) is 4.95. The summed E-state index contributed by atoms with van der Waals surface area (Å²) in [5, 5.41) is 2.97. The second kappa shape index (κ2) is 7.33. The molecule has 2 heterocycles. The van der Waals surface area contributed by atoms with E-state index in [0.29, 0.717) is 26.2 Å². The number of hydrogen-bond acceptors (Lipinski definition) is 3. The van der Waals surface area contributed by atoms with Crippen molar-refractivity contribution in [1.82, 2.24) is 15.1 Å². The van der Waals surface area contributed by atoms with Crippen molar-refractivity contribution in [2.45, 2.75) is 39.3 Å². The normalized spacial score (nSPS) is 21.0. The van der Waals surface area contributed by atoms with Crippen LogP contribution in [-0.4, -0.2) is 54.1 Å². The van der Waals surface area contributed by atoms with E-state index in [4.69, 9.17) is 4.74 Å². The van der Waals surface area contributed by atoms with Crippen LogP contribution in [0.25, 0.3) is 0 Å². The van der Waals surface area contributed by atoms with Gasteiger partial charge in [0.05, 0.1) is 0 Å². The molecule has 0 spiro atoms. The van der Waals surface area contributed by atoms with Gasteiger partial charge in [-0.2, -0.15) is 0 Å². The van der Waals surface area contributed by atoms with Crippen LogP contribution in [0.4, 0.5) is 9.59 Å². The van der Waals surface area contributed by atoms with Gasteiger partial charge in [-0.15, -0.1) is 0 Å². The van der Waals surface area contributed by atoms with Gasteiger partial charge in [-0.1, -0.05) is 44.2 Å². The van der Waals surface area contributed by atoms with E-state index < -0.39 is 0 Å². The summed E-state index contributed by atoms with van der Waals surface area (Å²) in [5.74, 6) is 0. The van der Waals surface area contributed by atoms with Gasteiger partial charge in [-0.05, 0) is 23.8 Å². The predicted molar refractivity (Wildman–Crippen MR) is 95.1 cm³/mol. The average Bonchev–Trinajstić information content (AvgIpc) is 2.63. The number of carbonyl (C=O) groups is 2. The zero-order valence-corrected chi connectivity index (χ0v) is 15.0. The first-order valence-corrected chi connectivity index (χ1v) is 8.95. The number of carbonyl (C=O) groups excluding carboxylic acids is 2. The Hall–Kier alpha value is -2.24. The van der Waals surface area contributed by atoms with Crippen LogP contribution in [0.3, 0.4) is 0 Å². The molecule has 3 rings (SSSR count). The van der Waals surface area contributed by atoms with E-state index in [0.717, 1.165) is 24.9 Å². The number of rotatable bonds is 3. The molecule has 3 amide bonds. The van der Waals surface area contributed by atoms with Gasteiger partial charge in [0.15, 0.2) is 0 Å². The number of nitrogens with one attached hydrogen (secondary N) is 1. The lowest BCUT2D eigenvalue weighted by Crippen LogP contribution is -2.59. The largest absolute Gasteiger partial charge is 0.445 e. The van der Waals surface area contributed by atoms with Crippen molar-refractivity contribution < 1.29 is 14.3 Å². The van der Waals surface area contributed by atoms with Crippen LogP contribution in [-0.2, 0) is 11.3 Å². The molecular formula is C19H27N3O3. The number of nitrogens with zero attached hydrogens (tertiary/aromatic N) is 2. The van der Waals surface area contributed by atoms with E-state index >= 15 is 0 Å². The Morgan fingerprint density at radius 3 is 2.60 bits per heavy atom. The first-order chi connectivity index (χ1) is 11.9. The first kappa shape index (κ1) is 17.6. The summed E-state index contributed by atoms with van der Waals surface area (Å²) < 4.78 is 5.40. The molecule has 1 aromatic carbocycles. The Bertz CT molecular complexity index is 610. The highest BCUT2D eigenvalue weighted by atomic mass is 16.6. The van der Waals surface area contributed by atoms with E-state index in [1.165, 1.54) is 0 Å². The van der Waals surface area contributed by atoms with E-state index in [2.05, 4.69) is 19.2 Å². The Morgan fingerprint density at radius 1 is 1.24 bits per heavy atom. The lowest BCUT2D eigenvalue weighted by Gasteiger charge is -2.44. The number of piperidine rings is 1. The molecule has 2 aliphatic heterocycles. The molecule has 136 valence electrons. The van der Waals surface area contributed by atoms with Crippen molar-refractivity contribution in [3.63, 3.8) is 0 Å². The first-order valence-electron chi connectivity index (χ1n) is 8.95. The number of amides is 3. The molecule has 6 nitrogen and oxygen atoms in total. The predicted octanol–water partition coefficient (Wildman–Crippen LogP) is 2.84. The Balaban J connectivity index is 1.48. The quantitative estimate of drug-likeness (QED) is 0.916. The highest BCUT2D eigenvalue weighted by Gasteiger charge is 2.37. The molecule has 2 saturated heterocycles. The lowest BCUT2D eigenvalue weighted by molar-refractivity contribution is 0.0590. The summed E-state index contributed by atoms with van der Waals surface area (Å²) in [6.07, 6.45) is 1.32. The van der Waals surface area contributed by atoms with Crippen LogP contribution in [0.15, 0.2) is 30.3 Å². The molecule has 0 radical (unpaired) electrons. The second-order valence-electron chi connectivity index (χ2n) is 7.71. The molecule has 6 heteroatoms. The zero-order chi connectivity index (χ0) is 17.9. The van der Waals surface area contributed by atoms with E-state index in [-0.39, 0.29) is 23.6 Å². The zero-order valence-electron chi connectivity index (χ0n) is 15.0. The minimum Gasteiger partial charge on any atom is -0.445 e. The second-order valence-corrected chi connectivity index (χ2v) is 7.71. The van der Waals surface area contributed by atoms with E-state index in [1.54, 1.807) is 4.90 Å². The fourth-order valence-electron chi connectivity index (χ4n) is 3.47. The summed E-state index contributed by atoms with van der Waals surface area (Å²) >= 11 is 0. The molecule has 0 atom stereocenters. The van der Waals surface area contributed by atoms with Gasteiger partial charge in [0.25, 0.3) is 0 Å². The van der Waals surface area contributed by atoms with Crippen LogP contribution in [0.1, 0.15) is 32.3 Å². The molecule has 1 aromatic rings. The van der Waals surface area contributed by atoms with Crippen molar-refractivity contribution in [2.24, 2.45) is 5.41 Å². The standard InChI is InChI=1S/C19H27N3O3/c1-19(2)13-20-17(23)22(14-19)16-8-10-21(11-9-16)18(24)25-12-15-6-4-3-5-7-15/h3-7,16H,8-14H2,1-2H3,(H,20,23). The minimum absolute atomic E-state index is 0.0180. The van der Waals surface area contributed by atoms with E-state index in [1.807, 2.05) is 35.2 Å². The van der Waals surface area contributed by atoms with Gasteiger partial charge in [0.2, 0.25) is 0 Å². The highest BCUT2D eigenvalue weighted by Crippen LogP contribution is 2.26. The maximum absolute atomic E-state index is 12.2. The third kappa shape index (κ3) is 4.44. The summed E-state index contributed by atoms with van der Waals surface area (Å²) in [7, 11) is 0. The van der Waals surface area contributed by atoms with Crippen molar-refractivity contribution >= 4 is 12.1 Å². The monoisotopic (exact) mass is 345 g/mol. The molecular weight excluding hydrogens is 318 g/mol. The van der Waals surface area contributed by atoms with Crippen LogP contribution in [0.2, 0.25) is 0 Å². The molecule has 25 heavy (non-hydrogen) atoms. The van der Waals surface area contributed by atoms with Crippen LogP contribution in [0.5, 0.6) is 0 Å². The van der Waals surface area contributed by atoms with Crippen LogP contribution >= 0.6 is 0 Å². The maximum atomic E-state index is 12.2. The summed E-state index contributed by atoms with van der Waals surface area (Å²) in [5.41, 5.74) is 1.07. The number of hydrogen-bond donors (Lipinski definition) is 1. The molecule has 1 N–H and O–H groups in total. The van der Waals surface area contributed by atoms with Gasteiger partial charge in [-0.25, -0.2) is 9.59 Å². The number of urea groups is 1. The van der Waals surface area contributed by atoms with Crippen LogP contribution < -0.4 is 5.32 Å². The molecule has 2 fully saturated rings. The van der Waals surface area contributed by atoms with Gasteiger partial charge >= 0.3 is 12.1 Å². The summed E-state index contributed by atoms with van der Waals surface area (Å²) in [6.45, 7) is 7.35. The highest BCUT2D eigenvalue weighted by molar-refractivity contribution is 5.75. The SMILES string of the molecule is CC1(C)CNC(=O)N(C2CCN(C(=O)OCc3ccccc3)CC2)C1. The maximum Gasteiger partial charge on any atom is 0.410 e. The Kier molecular flexibility index (Phi) is 5.16. The van der Waals surface area contributed by atoms with Gasteiger partial charge in [0.1, 0.15) is 6.61 Å². The molecule has 0 aromatic heterocycles. The third-order valence-electron chi connectivity index (χ3n) is 4.95. The molecule has 0 saturated carbocycles. The van der Waals surface area contributed by atoms with Gasteiger partial charge in [-0.3, -0.25) is 0 Å². The molecule has 0 bridgehead atoms. The number of benzene rings is 1. The van der Waals surface area contributed by atoms with Crippen molar-refractivity contribution in [3.8, 4) is 0 Å². The minimum atomic E-state index is -0.272. The average molecular weight is 345 g/mol. The number of ether oxygens (including phenoxy) is 1. The summed E-state index contributed by atoms with van der Waals surface area (Å²) in [4.78, 5) is 28.1. The fourth-order valence-corrected chi connectivity index (χ4v) is 3.47. The van der Waals surface area contributed by atoms with Crippen molar-refractivity contribution in [3.05, 3.63) is 35.9 Å². The Labute approximate surface area is 149 Å². The smallest absolute Gasteiger partial charge is 0.410 e. The topological polar surface area (TPSA) is 61.9 Å². The summed E-state index contributed by atoms with van der Waals surface area (Å²) in [6, 6.07) is 9.89. The molecule has 0 unspecified atom stereocenters. The van der Waals surface area contributed by atoms with Crippen LogP contribution in [0, 0.1) is 5.41 Å². The van der Waals surface area contributed by atoms with Crippen molar-refractivity contribution in [1.29, 1.82) is 0 Å². The fraction of sp³-hybridized carbons (Fsp3) is 0.579. The van der Waals surface area contributed by atoms with Crippen molar-refractivity contribution in [2.75, 3.05) is 26.2 Å². The van der Waals surface area contributed by atoms with E-state index in [9.17, 15) is 9.59 Å². The Morgan fingerprint density at radius 2 is 1.92 bits per heavy atom. The van der Waals surface area contributed by atoms with Gasteiger partial charge < -0.3 is 19.9 Å². The molecule has 0 aliphatic carbocycles.